The second-order valence-corrected chi connectivity index (χ2v) is 5.21. The molecule has 0 bridgehead atoms. The molecule has 1 unspecified atom stereocenters. The number of nitrogens with zero attached hydrogens (tertiary/aromatic N) is 1. The van der Waals surface area contributed by atoms with Crippen LogP contribution in [0.25, 0.3) is 0 Å². The van der Waals surface area contributed by atoms with Crippen LogP contribution in [0.4, 0.5) is 5.69 Å². The van der Waals surface area contributed by atoms with Crippen LogP contribution in [-0.2, 0) is 16.1 Å². The first-order chi connectivity index (χ1) is 10.2. The molecule has 1 aliphatic rings. The molecule has 1 aliphatic heterocycles. The number of ketones is 1. The number of hydrogen-bond acceptors (Lipinski definition) is 3. The molecule has 1 atom stereocenters. The standard InChI is InChI=1S/C17H16N2O2/c18-17(21)16(20)14-11-19(10-12-6-2-1-3-7-12)15-9-5-4-8-13(14)15/h1-9,14H,10-11H2,(H2,18,21). The Morgan fingerprint density at radius 3 is 2.43 bits per heavy atom. The molecule has 2 aromatic carbocycles. The fourth-order valence-corrected chi connectivity index (χ4v) is 2.84. The predicted molar refractivity (Wildman–Crippen MR) is 80.9 cm³/mol. The Bertz CT molecular complexity index is 682. The average molecular weight is 280 g/mol. The number of anilines is 1. The zero-order valence-corrected chi connectivity index (χ0v) is 11.5. The minimum absolute atomic E-state index is 0.456. The summed E-state index contributed by atoms with van der Waals surface area (Å²) in [5.41, 5.74) is 8.22. The number of Topliss-reactive ketones (excluding diaryl/α,β-unsaturated/α-hetero) is 1. The van der Waals surface area contributed by atoms with Crippen molar-refractivity contribution in [3.63, 3.8) is 0 Å². The molecule has 0 saturated heterocycles. The first kappa shape index (κ1) is 13.4. The van der Waals surface area contributed by atoms with Crippen molar-refractivity contribution >= 4 is 17.4 Å². The number of para-hydroxylation sites is 1. The van der Waals surface area contributed by atoms with E-state index in [1.807, 2.05) is 54.6 Å². The summed E-state index contributed by atoms with van der Waals surface area (Å²) in [5.74, 6) is -1.84. The van der Waals surface area contributed by atoms with Crippen molar-refractivity contribution in [2.24, 2.45) is 5.73 Å². The highest BCUT2D eigenvalue weighted by Gasteiger charge is 2.35. The van der Waals surface area contributed by atoms with Gasteiger partial charge in [0.05, 0.1) is 5.92 Å². The number of fused-ring (bicyclic) bond motifs is 1. The first-order valence-corrected chi connectivity index (χ1v) is 6.88. The maximum absolute atomic E-state index is 12.0. The fourth-order valence-electron chi connectivity index (χ4n) is 2.84. The van der Waals surface area contributed by atoms with Crippen molar-refractivity contribution in [2.45, 2.75) is 12.5 Å². The van der Waals surface area contributed by atoms with E-state index in [9.17, 15) is 9.59 Å². The molecule has 21 heavy (non-hydrogen) atoms. The van der Waals surface area contributed by atoms with Gasteiger partial charge in [-0.15, -0.1) is 0 Å². The number of amides is 1. The van der Waals surface area contributed by atoms with Crippen LogP contribution < -0.4 is 10.6 Å². The van der Waals surface area contributed by atoms with Gasteiger partial charge in [0.25, 0.3) is 5.91 Å². The van der Waals surface area contributed by atoms with Gasteiger partial charge in [-0.1, -0.05) is 48.5 Å². The SMILES string of the molecule is NC(=O)C(=O)C1CN(Cc2ccccc2)c2ccccc21. The Labute approximate surface area is 123 Å². The summed E-state index contributed by atoms with van der Waals surface area (Å²) in [4.78, 5) is 25.3. The lowest BCUT2D eigenvalue weighted by atomic mass is 9.96. The molecule has 1 heterocycles. The van der Waals surface area contributed by atoms with Crippen LogP contribution in [-0.4, -0.2) is 18.2 Å². The average Bonchev–Trinajstić information content (AvgIpc) is 2.86. The molecule has 3 rings (SSSR count). The van der Waals surface area contributed by atoms with Crippen LogP contribution in [0.15, 0.2) is 54.6 Å². The monoisotopic (exact) mass is 280 g/mol. The summed E-state index contributed by atoms with van der Waals surface area (Å²) in [6.07, 6.45) is 0. The molecule has 2 N–H and O–H groups in total. The van der Waals surface area contributed by atoms with E-state index in [2.05, 4.69) is 4.90 Å². The van der Waals surface area contributed by atoms with E-state index < -0.39 is 17.6 Å². The molecule has 4 heteroatoms. The van der Waals surface area contributed by atoms with E-state index in [0.29, 0.717) is 13.1 Å². The molecule has 0 radical (unpaired) electrons. The number of carbonyl (C=O) groups excluding carboxylic acids is 2. The van der Waals surface area contributed by atoms with Gasteiger partial charge in [0, 0.05) is 18.8 Å². The van der Waals surface area contributed by atoms with Gasteiger partial charge in [-0.05, 0) is 17.2 Å². The van der Waals surface area contributed by atoms with Crippen molar-refractivity contribution in [2.75, 3.05) is 11.4 Å². The summed E-state index contributed by atoms with van der Waals surface area (Å²) in [7, 11) is 0. The normalized spacial score (nSPS) is 16.6. The Hall–Kier alpha value is -2.62. The molecule has 0 aliphatic carbocycles. The lowest BCUT2D eigenvalue weighted by molar-refractivity contribution is -0.136. The Morgan fingerprint density at radius 1 is 1.05 bits per heavy atom. The largest absolute Gasteiger partial charge is 0.366 e. The van der Waals surface area contributed by atoms with Gasteiger partial charge in [0.15, 0.2) is 0 Å². The molecule has 106 valence electrons. The van der Waals surface area contributed by atoms with Crippen molar-refractivity contribution in [3.8, 4) is 0 Å². The quantitative estimate of drug-likeness (QED) is 0.869. The van der Waals surface area contributed by atoms with Gasteiger partial charge in [0.2, 0.25) is 5.78 Å². The topological polar surface area (TPSA) is 63.4 Å². The van der Waals surface area contributed by atoms with Gasteiger partial charge < -0.3 is 10.6 Å². The van der Waals surface area contributed by atoms with Crippen molar-refractivity contribution in [1.29, 1.82) is 0 Å². The van der Waals surface area contributed by atoms with E-state index in [0.717, 1.165) is 11.3 Å². The fraction of sp³-hybridized carbons (Fsp3) is 0.176. The molecule has 1 amide bonds. The van der Waals surface area contributed by atoms with Crippen molar-refractivity contribution in [1.82, 2.24) is 0 Å². The molecular weight excluding hydrogens is 264 g/mol. The van der Waals surface area contributed by atoms with Crippen LogP contribution in [0.2, 0.25) is 0 Å². The third-order valence-electron chi connectivity index (χ3n) is 3.83. The molecule has 4 nitrogen and oxygen atoms in total. The number of hydrogen-bond donors (Lipinski definition) is 1. The van der Waals surface area contributed by atoms with Gasteiger partial charge in [-0.25, -0.2) is 0 Å². The summed E-state index contributed by atoms with van der Waals surface area (Å²) in [6, 6.07) is 17.7. The van der Waals surface area contributed by atoms with Gasteiger partial charge in [-0.2, -0.15) is 0 Å². The minimum atomic E-state index is -0.864. The van der Waals surface area contributed by atoms with Crippen LogP contribution in [0.3, 0.4) is 0 Å². The Balaban J connectivity index is 1.91. The van der Waals surface area contributed by atoms with Crippen LogP contribution in [0, 0.1) is 0 Å². The number of rotatable bonds is 4. The molecule has 0 spiro atoms. The first-order valence-electron chi connectivity index (χ1n) is 6.88. The maximum atomic E-state index is 12.0. The van der Waals surface area contributed by atoms with Crippen LogP contribution >= 0.6 is 0 Å². The molecular formula is C17H16N2O2. The molecule has 0 fully saturated rings. The maximum Gasteiger partial charge on any atom is 0.285 e. The third kappa shape index (κ3) is 2.52. The van der Waals surface area contributed by atoms with E-state index in [1.54, 1.807) is 0 Å². The lowest BCUT2D eigenvalue weighted by Gasteiger charge is -2.19. The highest BCUT2D eigenvalue weighted by atomic mass is 16.2. The third-order valence-corrected chi connectivity index (χ3v) is 3.83. The predicted octanol–water partition coefficient (Wildman–Crippen LogP) is 1.84. The lowest BCUT2D eigenvalue weighted by Crippen LogP contribution is -2.32. The minimum Gasteiger partial charge on any atom is -0.366 e. The van der Waals surface area contributed by atoms with Gasteiger partial charge >= 0.3 is 0 Å². The van der Waals surface area contributed by atoms with Crippen molar-refractivity contribution in [3.05, 3.63) is 65.7 Å². The Kier molecular flexibility index (Phi) is 3.44. The van der Waals surface area contributed by atoms with Gasteiger partial charge in [-0.3, -0.25) is 9.59 Å². The van der Waals surface area contributed by atoms with Crippen molar-refractivity contribution < 1.29 is 9.59 Å². The second kappa shape index (κ2) is 5.40. The number of benzene rings is 2. The molecule has 0 aromatic heterocycles. The molecule has 2 aromatic rings. The van der Waals surface area contributed by atoms with E-state index in [4.69, 9.17) is 5.73 Å². The number of carbonyl (C=O) groups is 2. The van der Waals surface area contributed by atoms with Crippen LogP contribution in [0.5, 0.6) is 0 Å². The van der Waals surface area contributed by atoms with E-state index in [1.165, 1.54) is 5.56 Å². The van der Waals surface area contributed by atoms with E-state index in [-0.39, 0.29) is 0 Å². The number of primary amides is 1. The highest BCUT2D eigenvalue weighted by Crippen LogP contribution is 2.37. The highest BCUT2D eigenvalue weighted by molar-refractivity contribution is 6.38. The Morgan fingerprint density at radius 2 is 1.71 bits per heavy atom. The summed E-state index contributed by atoms with van der Waals surface area (Å²) in [5, 5.41) is 0. The zero-order chi connectivity index (χ0) is 14.8. The molecule has 0 saturated carbocycles. The summed E-state index contributed by atoms with van der Waals surface area (Å²) < 4.78 is 0. The van der Waals surface area contributed by atoms with E-state index >= 15 is 0 Å². The van der Waals surface area contributed by atoms with Gasteiger partial charge in [0.1, 0.15) is 0 Å². The smallest absolute Gasteiger partial charge is 0.285 e. The second-order valence-electron chi connectivity index (χ2n) is 5.21. The zero-order valence-electron chi connectivity index (χ0n) is 11.5. The number of nitrogens with two attached hydrogens (primary N) is 1. The summed E-state index contributed by atoms with van der Waals surface area (Å²) in [6.45, 7) is 1.20. The summed E-state index contributed by atoms with van der Waals surface area (Å²) >= 11 is 0. The van der Waals surface area contributed by atoms with Crippen LogP contribution in [0.1, 0.15) is 17.0 Å².